The van der Waals surface area contributed by atoms with Gasteiger partial charge in [0.1, 0.15) is 17.8 Å². The number of nitrogens with zero attached hydrogens (tertiary/aromatic N) is 5. The fourth-order valence-electron chi connectivity index (χ4n) is 1.59. The van der Waals surface area contributed by atoms with Crippen LogP contribution in [0.1, 0.15) is 23.2 Å². The number of carbonyl (C=O) groups is 1. The lowest BCUT2D eigenvalue weighted by Gasteiger charge is -2.04. The van der Waals surface area contributed by atoms with Gasteiger partial charge in [-0.2, -0.15) is 5.10 Å². The van der Waals surface area contributed by atoms with Crippen molar-refractivity contribution in [1.29, 1.82) is 0 Å². The standard InChI is InChI=1S/C12H17N7O/c1-3-13-11-7-15-9(6-16-11)12(20)14-5-4-10-17-8-19(2)18-10/h6-8H,3-5H2,1-2H3,(H,13,16)(H,14,20). The molecule has 0 aliphatic rings. The second kappa shape index (κ2) is 6.60. The first-order chi connectivity index (χ1) is 9.69. The van der Waals surface area contributed by atoms with Gasteiger partial charge in [0.05, 0.1) is 12.4 Å². The molecule has 8 nitrogen and oxygen atoms in total. The molecule has 2 rings (SSSR count). The van der Waals surface area contributed by atoms with E-state index in [1.165, 1.54) is 6.20 Å². The largest absolute Gasteiger partial charge is 0.369 e. The van der Waals surface area contributed by atoms with E-state index in [4.69, 9.17) is 0 Å². The average Bonchev–Trinajstić information content (AvgIpc) is 2.85. The fraction of sp³-hybridized carbons (Fsp3) is 0.417. The molecule has 1 amide bonds. The summed E-state index contributed by atoms with van der Waals surface area (Å²) in [5.41, 5.74) is 0.292. The summed E-state index contributed by atoms with van der Waals surface area (Å²) >= 11 is 0. The number of aryl methyl sites for hydroxylation is 1. The van der Waals surface area contributed by atoms with E-state index in [0.29, 0.717) is 30.3 Å². The predicted molar refractivity (Wildman–Crippen MR) is 73.2 cm³/mol. The molecule has 0 aromatic carbocycles. The molecule has 0 radical (unpaired) electrons. The number of anilines is 1. The van der Waals surface area contributed by atoms with Crippen LogP contribution in [0, 0.1) is 0 Å². The summed E-state index contributed by atoms with van der Waals surface area (Å²) < 4.78 is 1.63. The predicted octanol–water partition coefficient (Wildman–Crippen LogP) is 0.00940. The third-order valence-corrected chi connectivity index (χ3v) is 2.52. The van der Waals surface area contributed by atoms with Crippen LogP contribution in [0.4, 0.5) is 5.82 Å². The number of carbonyl (C=O) groups excluding carboxylic acids is 1. The Morgan fingerprint density at radius 2 is 2.15 bits per heavy atom. The minimum Gasteiger partial charge on any atom is -0.369 e. The average molecular weight is 275 g/mol. The SMILES string of the molecule is CCNc1cnc(C(=O)NCCc2ncn(C)n2)cn1. The van der Waals surface area contributed by atoms with Gasteiger partial charge in [0.2, 0.25) is 0 Å². The van der Waals surface area contributed by atoms with Crippen LogP contribution in [-0.2, 0) is 13.5 Å². The maximum atomic E-state index is 11.8. The molecule has 0 fully saturated rings. The van der Waals surface area contributed by atoms with Gasteiger partial charge in [-0.1, -0.05) is 0 Å². The summed E-state index contributed by atoms with van der Waals surface area (Å²) in [6.07, 6.45) is 5.20. The fourth-order valence-corrected chi connectivity index (χ4v) is 1.59. The number of nitrogens with one attached hydrogen (secondary N) is 2. The number of rotatable bonds is 6. The van der Waals surface area contributed by atoms with Gasteiger partial charge in [-0.25, -0.2) is 15.0 Å². The summed E-state index contributed by atoms with van der Waals surface area (Å²) in [6.45, 7) is 3.19. The maximum absolute atomic E-state index is 11.8. The first-order valence-corrected chi connectivity index (χ1v) is 6.37. The lowest BCUT2D eigenvalue weighted by Crippen LogP contribution is -2.27. The third-order valence-electron chi connectivity index (χ3n) is 2.52. The molecule has 0 aliphatic heterocycles. The highest BCUT2D eigenvalue weighted by Crippen LogP contribution is 2.00. The van der Waals surface area contributed by atoms with E-state index in [1.54, 1.807) is 24.3 Å². The lowest BCUT2D eigenvalue weighted by atomic mass is 10.3. The Morgan fingerprint density at radius 1 is 1.30 bits per heavy atom. The summed E-state index contributed by atoms with van der Waals surface area (Å²) in [4.78, 5) is 24.1. The minimum atomic E-state index is -0.253. The highest BCUT2D eigenvalue weighted by molar-refractivity contribution is 5.91. The highest BCUT2D eigenvalue weighted by Gasteiger charge is 2.08. The van der Waals surface area contributed by atoms with Crippen LogP contribution in [0.3, 0.4) is 0 Å². The van der Waals surface area contributed by atoms with Crippen molar-refractivity contribution in [2.45, 2.75) is 13.3 Å². The van der Waals surface area contributed by atoms with Crippen molar-refractivity contribution in [2.24, 2.45) is 7.05 Å². The highest BCUT2D eigenvalue weighted by atomic mass is 16.1. The first kappa shape index (κ1) is 13.9. The van der Waals surface area contributed by atoms with Crippen molar-refractivity contribution in [3.8, 4) is 0 Å². The van der Waals surface area contributed by atoms with Gasteiger partial charge in [0.25, 0.3) is 5.91 Å². The Morgan fingerprint density at radius 3 is 2.75 bits per heavy atom. The molecule has 0 atom stereocenters. The van der Waals surface area contributed by atoms with Crippen LogP contribution in [0.2, 0.25) is 0 Å². The third kappa shape index (κ3) is 3.74. The maximum Gasteiger partial charge on any atom is 0.271 e. The molecule has 2 aromatic rings. The molecule has 0 bridgehead atoms. The Bertz CT molecular complexity index is 563. The van der Waals surface area contributed by atoms with Crippen LogP contribution in [0.25, 0.3) is 0 Å². The summed E-state index contributed by atoms with van der Waals surface area (Å²) in [5.74, 6) is 1.10. The molecule has 2 aromatic heterocycles. The van der Waals surface area contributed by atoms with Gasteiger partial charge in [-0.3, -0.25) is 9.48 Å². The van der Waals surface area contributed by atoms with Gasteiger partial charge in [0.15, 0.2) is 5.82 Å². The zero-order valence-electron chi connectivity index (χ0n) is 11.5. The molecule has 0 unspecified atom stereocenters. The summed E-state index contributed by atoms with van der Waals surface area (Å²) in [5, 5.41) is 9.90. The lowest BCUT2D eigenvalue weighted by molar-refractivity contribution is 0.0948. The number of hydrogen-bond acceptors (Lipinski definition) is 6. The Labute approximate surface area is 116 Å². The Hall–Kier alpha value is -2.51. The zero-order chi connectivity index (χ0) is 14.4. The first-order valence-electron chi connectivity index (χ1n) is 6.37. The van der Waals surface area contributed by atoms with Crippen molar-refractivity contribution >= 4 is 11.7 Å². The van der Waals surface area contributed by atoms with Crippen LogP contribution >= 0.6 is 0 Å². The van der Waals surface area contributed by atoms with E-state index >= 15 is 0 Å². The van der Waals surface area contributed by atoms with E-state index in [9.17, 15) is 4.79 Å². The Kier molecular flexibility index (Phi) is 4.59. The van der Waals surface area contributed by atoms with E-state index in [1.807, 2.05) is 6.92 Å². The normalized spacial score (nSPS) is 10.3. The molecule has 2 heterocycles. The topological polar surface area (TPSA) is 97.6 Å². The number of hydrogen-bond donors (Lipinski definition) is 2. The summed E-state index contributed by atoms with van der Waals surface area (Å²) in [7, 11) is 1.80. The van der Waals surface area contributed by atoms with Crippen molar-refractivity contribution in [2.75, 3.05) is 18.4 Å². The second-order valence-electron chi connectivity index (χ2n) is 4.16. The smallest absolute Gasteiger partial charge is 0.271 e. The van der Waals surface area contributed by atoms with Crippen LogP contribution < -0.4 is 10.6 Å². The van der Waals surface area contributed by atoms with Crippen molar-refractivity contribution in [3.63, 3.8) is 0 Å². The molecule has 0 saturated carbocycles. The van der Waals surface area contributed by atoms with E-state index < -0.39 is 0 Å². The molecule has 20 heavy (non-hydrogen) atoms. The van der Waals surface area contributed by atoms with Gasteiger partial charge in [-0.05, 0) is 6.92 Å². The summed E-state index contributed by atoms with van der Waals surface area (Å²) in [6, 6.07) is 0. The zero-order valence-corrected chi connectivity index (χ0v) is 11.5. The minimum absolute atomic E-state index is 0.253. The molecule has 8 heteroatoms. The molecular weight excluding hydrogens is 258 g/mol. The van der Waals surface area contributed by atoms with Crippen LogP contribution in [0.15, 0.2) is 18.7 Å². The quantitative estimate of drug-likeness (QED) is 0.770. The second-order valence-corrected chi connectivity index (χ2v) is 4.16. The van der Waals surface area contributed by atoms with E-state index in [0.717, 1.165) is 6.54 Å². The number of aromatic nitrogens is 5. The Balaban J connectivity index is 1.82. The van der Waals surface area contributed by atoms with Crippen molar-refractivity contribution < 1.29 is 4.79 Å². The number of amides is 1. The van der Waals surface area contributed by atoms with Gasteiger partial charge in [0, 0.05) is 26.6 Å². The molecule has 0 spiro atoms. The van der Waals surface area contributed by atoms with Gasteiger partial charge >= 0.3 is 0 Å². The molecule has 0 aliphatic carbocycles. The van der Waals surface area contributed by atoms with E-state index in [-0.39, 0.29) is 5.91 Å². The molecular formula is C12H17N7O. The van der Waals surface area contributed by atoms with Crippen molar-refractivity contribution in [1.82, 2.24) is 30.0 Å². The molecule has 106 valence electrons. The van der Waals surface area contributed by atoms with Gasteiger partial charge in [-0.15, -0.1) is 0 Å². The van der Waals surface area contributed by atoms with E-state index in [2.05, 4.69) is 30.7 Å². The molecule has 2 N–H and O–H groups in total. The van der Waals surface area contributed by atoms with Gasteiger partial charge < -0.3 is 10.6 Å². The monoisotopic (exact) mass is 275 g/mol. The van der Waals surface area contributed by atoms with Crippen LogP contribution in [0.5, 0.6) is 0 Å². The van der Waals surface area contributed by atoms with Crippen LogP contribution in [-0.4, -0.2) is 43.7 Å². The van der Waals surface area contributed by atoms with Crippen molar-refractivity contribution in [3.05, 3.63) is 30.2 Å². The molecule has 0 saturated heterocycles.